The van der Waals surface area contributed by atoms with Gasteiger partial charge in [-0.05, 0) is 50.2 Å². The van der Waals surface area contributed by atoms with Gasteiger partial charge in [0.2, 0.25) is 5.79 Å². The van der Waals surface area contributed by atoms with Crippen molar-refractivity contribution in [3.8, 4) is 0 Å². The van der Waals surface area contributed by atoms with E-state index in [0.717, 1.165) is 11.1 Å². The number of hydrogen-bond donors (Lipinski definition) is 1. The highest BCUT2D eigenvalue weighted by Crippen LogP contribution is 2.39. The second-order valence-electron chi connectivity index (χ2n) is 9.66. The molecule has 15 heteroatoms. The van der Waals surface area contributed by atoms with Crippen LogP contribution in [0.1, 0.15) is 16.7 Å². The van der Waals surface area contributed by atoms with E-state index in [1.807, 2.05) is 20.9 Å². The van der Waals surface area contributed by atoms with Crippen molar-refractivity contribution >= 4 is 32.0 Å². The van der Waals surface area contributed by atoms with Gasteiger partial charge in [-0.3, -0.25) is 8.74 Å². The molecule has 1 saturated heterocycles. The molecule has 3 aromatic carbocycles. The van der Waals surface area contributed by atoms with Crippen molar-refractivity contribution < 1.29 is 39.4 Å². The average molecular weight is 652 g/mol. The second kappa shape index (κ2) is 13.6. The molecule has 43 heavy (non-hydrogen) atoms. The predicted octanol–water partition coefficient (Wildman–Crippen LogP) is 4.27. The number of rotatable bonds is 9. The molecule has 1 aliphatic rings. The molecule has 0 unspecified atom stereocenters. The maximum atomic E-state index is 13.5. The maximum absolute atomic E-state index is 13.5. The number of aromatic nitrogens is 3. The van der Waals surface area contributed by atoms with Crippen molar-refractivity contribution in [2.75, 3.05) is 19.0 Å². The normalized spacial score (nSPS) is 18.7. The number of benzene rings is 3. The van der Waals surface area contributed by atoms with Crippen molar-refractivity contribution in [2.24, 2.45) is 7.05 Å². The monoisotopic (exact) mass is 651 g/mol. The fourth-order valence-corrected chi connectivity index (χ4v) is 6.28. The average Bonchev–Trinajstić information content (AvgIpc) is 3.58. The van der Waals surface area contributed by atoms with E-state index in [9.17, 15) is 21.2 Å². The van der Waals surface area contributed by atoms with Crippen molar-refractivity contribution in [2.45, 2.75) is 40.7 Å². The Labute approximate surface area is 253 Å². The molecule has 0 amide bonds. The SMILES string of the molecule is Cc1ccc(S(=O)(=O)O)cc1.Cc1ccc(S(=O)(=O)OC[C@@H]2CO[C@@](CSc3nncn3C)(c3ccc(F)cc3)O2)cc1. The number of nitrogens with zero attached hydrogens (tertiary/aromatic N) is 3. The molecule has 0 bridgehead atoms. The molecule has 2 atom stereocenters. The lowest BCUT2D eigenvalue weighted by Crippen LogP contribution is -2.32. The van der Waals surface area contributed by atoms with Crippen molar-refractivity contribution in [1.29, 1.82) is 0 Å². The van der Waals surface area contributed by atoms with Gasteiger partial charge >= 0.3 is 0 Å². The van der Waals surface area contributed by atoms with Crippen LogP contribution in [0.15, 0.2) is 94.1 Å². The Balaban J connectivity index is 0.000000324. The fraction of sp³-hybridized carbons (Fsp3) is 0.286. The third-order valence-corrected chi connectivity index (χ3v) is 9.56. The zero-order valence-electron chi connectivity index (χ0n) is 23.5. The molecule has 0 radical (unpaired) electrons. The van der Waals surface area contributed by atoms with E-state index < -0.39 is 32.1 Å². The molecule has 0 aliphatic carbocycles. The van der Waals surface area contributed by atoms with Gasteiger partial charge in [-0.15, -0.1) is 10.2 Å². The first-order valence-corrected chi connectivity index (χ1v) is 16.7. The number of halogens is 1. The summed E-state index contributed by atoms with van der Waals surface area (Å²) in [5.74, 6) is -1.30. The largest absolute Gasteiger partial charge is 0.342 e. The van der Waals surface area contributed by atoms with Crippen molar-refractivity contribution in [3.05, 3.63) is 102 Å². The molecular weight excluding hydrogens is 622 g/mol. The molecule has 0 saturated carbocycles. The first kappa shape index (κ1) is 32.7. The van der Waals surface area contributed by atoms with Crippen LogP contribution in [0.5, 0.6) is 0 Å². The minimum absolute atomic E-state index is 0.0666. The van der Waals surface area contributed by atoms with Crippen LogP contribution in [0.3, 0.4) is 0 Å². The summed E-state index contributed by atoms with van der Waals surface area (Å²) in [6.45, 7) is 3.61. The van der Waals surface area contributed by atoms with E-state index in [1.54, 1.807) is 47.3 Å². The molecule has 5 rings (SSSR count). The van der Waals surface area contributed by atoms with Gasteiger partial charge in [-0.2, -0.15) is 16.8 Å². The van der Waals surface area contributed by atoms with E-state index in [1.165, 1.54) is 48.2 Å². The molecule has 2 heterocycles. The zero-order valence-corrected chi connectivity index (χ0v) is 25.9. The summed E-state index contributed by atoms with van der Waals surface area (Å²) in [7, 11) is -6.14. The van der Waals surface area contributed by atoms with Crippen LogP contribution < -0.4 is 0 Å². The Hall–Kier alpha value is -3.18. The lowest BCUT2D eigenvalue weighted by Gasteiger charge is -2.28. The van der Waals surface area contributed by atoms with Crippen LogP contribution in [-0.4, -0.2) is 61.2 Å². The van der Waals surface area contributed by atoms with Gasteiger partial charge in [0.1, 0.15) is 18.2 Å². The van der Waals surface area contributed by atoms with Crippen LogP contribution >= 0.6 is 11.8 Å². The smallest absolute Gasteiger partial charge is 0.297 e. The van der Waals surface area contributed by atoms with Crippen LogP contribution in [-0.2, 0) is 46.7 Å². The number of ether oxygens (including phenoxy) is 2. The highest BCUT2D eigenvalue weighted by Gasteiger charge is 2.44. The van der Waals surface area contributed by atoms with E-state index in [0.29, 0.717) is 16.5 Å². The van der Waals surface area contributed by atoms with Crippen LogP contribution in [0.4, 0.5) is 4.39 Å². The lowest BCUT2D eigenvalue weighted by molar-refractivity contribution is -0.160. The Bertz CT molecular complexity index is 1730. The summed E-state index contributed by atoms with van der Waals surface area (Å²) in [6.07, 6.45) is 0.941. The predicted molar refractivity (Wildman–Crippen MR) is 156 cm³/mol. The lowest BCUT2D eigenvalue weighted by atomic mass is 10.1. The second-order valence-corrected chi connectivity index (χ2v) is 13.6. The Morgan fingerprint density at radius 2 is 1.56 bits per heavy atom. The topological polar surface area (TPSA) is 147 Å². The highest BCUT2D eigenvalue weighted by molar-refractivity contribution is 7.99. The Morgan fingerprint density at radius 1 is 0.977 bits per heavy atom. The molecule has 4 aromatic rings. The minimum atomic E-state index is -4.02. The van der Waals surface area contributed by atoms with E-state index in [-0.39, 0.29) is 28.8 Å². The van der Waals surface area contributed by atoms with Crippen LogP contribution in [0, 0.1) is 19.7 Å². The summed E-state index contributed by atoms with van der Waals surface area (Å²) in [5.41, 5.74) is 2.51. The van der Waals surface area contributed by atoms with Gasteiger partial charge in [-0.1, -0.05) is 59.3 Å². The first-order valence-electron chi connectivity index (χ1n) is 12.8. The van der Waals surface area contributed by atoms with Crippen LogP contribution in [0.25, 0.3) is 0 Å². The van der Waals surface area contributed by atoms with Gasteiger partial charge in [0.15, 0.2) is 5.16 Å². The molecular formula is C28H30FN3O8S3. The third kappa shape index (κ3) is 8.69. The molecule has 1 aromatic heterocycles. The molecule has 230 valence electrons. The summed E-state index contributed by atoms with van der Waals surface area (Å²) < 4.78 is 87.2. The minimum Gasteiger partial charge on any atom is -0.342 e. The number of hydrogen-bond acceptors (Lipinski definition) is 10. The molecule has 1 N–H and O–H groups in total. The van der Waals surface area contributed by atoms with E-state index >= 15 is 0 Å². The highest BCUT2D eigenvalue weighted by atomic mass is 32.2. The summed E-state index contributed by atoms with van der Waals surface area (Å²) in [5, 5.41) is 8.55. The van der Waals surface area contributed by atoms with Crippen LogP contribution in [0.2, 0.25) is 0 Å². The Kier molecular flexibility index (Phi) is 10.4. The number of thioether (sulfide) groups is 1. The van der Waals surface area contributed by atoms with E-state index in [4.69, 9.17) is 18.2 Å². The van der Waals surface area contributed by atoms with Gasteiger partial charge in [0.05, 0.1) is 28.8 Å². The fourth-order valence-electron chi connectivity index (χ4n) is 3.87. The molecule has 1 fully saturated rings. The van der Waals surface area contributed by atoms with Gasteiger partial charge < -0.3 is 14.0 Å². The molecule has 11 nitrogen and oxygen atoms in total. The maximum Gasteiger partial charge on any atom is 0.297 e. The van der Waals surface area contributed by atoms with E-state index in [2.05, 4.69) is 10.2 Å². The zero-order chi connectivity index (χ0) is 31.3. The van der Waals surface area contributed by atoms with Crippen molar-refractivity contribution in [3.63, 3.8) is 0 Å². The van der Waals surface area contributed by atoms with Gasteiger partial charge in [-0.25, -0.2) is 4.39 Å². The standard InChI is InChI=1S/C21H22FN3O5S2.C7H8O3S/c1-15-3-9-19(10-4-15)32(26,27)29-12-18-11-28-21(30-18,16-5-7-17(22)8-6-16)13-31-20-24-23-14-25(20)2;1-6-2-4-7(5-3-6)11(8,9)10/h3-10,14,18H,11-13H2,1-2H3;2-5H,1H3,(H,8,9,10)/t18-,21+;/m0./s1. The number of aryl methyl sites for hydroxylation is 3. The van der Waals surface area contributed by atoms with Gasteiger partial charge in [0, 0.05) is 12.6 Å². The summed E-state index contributed by atoms with van der Waals surface area (Å²) in [4.78, 5) is 0.00718. The molecule has 0 spiro atoms. The van der Waals surface area contributed by atoms with Gasteiger partial charge in [0.25, 0.3) is 20.2 Å². The molecule has 1 aliphatic heterocycles. The summed E-state index contributed by atoms with van der Waals surface area (Å²) in [6, 6.07) is 18.2. The quantitative estimate of drug-likeness (QED) is 0.157. The third-order valence-electron chi connectivity index (χ3n) is 6.24. The van der Waals surface area contributed by atoms with Crippen molar-refractivity contribution in [1.82, 2.24) is 14.8 Å². The Morgan fingerprint density at radius 3 is 2.09 bits per heavy atom. The summed E-state index contributed by atoms with van der Waals surface area (Å²) >= 11 is 1.36. The first-order chi connectivity index (χ1) is 20.3.